The summed E-state index contributed by atoms with van der Waals surface area (Å²) in [5.74, 6) is -0.248. The van der Waals surface area contributed by atoms with E-state index in [2.05, 4.69) is 93.5 Å². The summed E-state index contributed by atoms with van der Waals surface area (Å²) in [4.78, 5) is 13.0. The van der Waals surface area contributed by atoms with Gasteiger partial charge in [-0.2, -0.15) is 5.10 Å². The van der Waals surface area contributed by atoms with E-state index >= 15 is 0 Å². The first-order chi connectivity index (χ1) is 13.2. The van der Waals surface area contributed by atoms with Crippen molar-refractivity contribution in [2.45, 2.75) is 116 Å². The second-order valence-corrected chi connectivity index (χ2v) is 22.1. The number of esters is 1. The number of aromatic nitrogens is 2. The van der Waals surface area contributed by atoms with Gasteiger partial charge < -0.3 is 4.74 Å². The van der Waals surface area contributed by atoms with E-state index in [0.717, 1.165) is 0 Å². The van der Waals surface area contributed by atoms with E-state index in [1.807, 2.05) is 0 Å². The minimum absolute atomic E-state index is 0.248. The van der Waals surface area contributed by atoms with Gasteiger partial charge in [0.05, 0.1) is 7.11 Å². The van der Waals surface area contributed by atoms with Gasteiger partial charge in [0, 0.05) is 5.32 Å². The summed E-state index contributed by atoms with van der Waals surface area (Å²) >= 11 is 0. The maximum atomic E-state index is 13.0. The first kappa shape index (κ1) is 26.1. The van der Waals surface area contributed by atoms with E-state index in [9.17, 15) is 4.79 Å². The van der Waals surface area contributed by atoms with Crippen LogP contribution in [0.4, 0.5) is 0 Å². The van der Waals surface area contributed by atoms with Crippen LogP contribution >= 0.6 is 0 Å². The maximum absolute atomic E-state index is 13.0. The maximum Gasteiger partial charge on any atom is 0.355 e. The molecule has 0 N–H and O–H groups in total. The monoisotopic (exact) mass is 438 g/mol. The predicted octanol–water partition coefficient (Wildman–Crippen LogP) is 6.58. The van der Waals surface area contributed by atoms with Crippen LogP contribution in [0.25, 0.3) is 0 Å². The molecule has 0 saturated heterocycles. The molecule has 168 valence electrons. The van der Waals surface area contributed by atoms with E-state index in [0.29, 0.717) is 38.9 Å². The highest BCUT2D eigenvalue weighted by molar-refractivity contribution is 6.94. The largest absolute Gasteiger partial charge is 0.464 e. The number of ether oxygens (including phenoxy) is 1. The van der Waals surface area contributed by atoms with Crippen molar-refractivity contribution in [3.8, 4) is 0 Å². The van der Waals surface area contributed by atoms with Gasteiger partial charge in [-0.1, -0.05) is 83.1 Å². The normalized spacial score (nSPS) is 13.6. The van der Waals surface area contributed by atoms with Crippen LogP contribution in [-0.2, 0) is 4.74 Å². The number of carbonyl (C=O) groups is 1. The molecule has 0 aliphatic rings. The average molecular weight is 439 g/mol. The number of nitrogens with zero attached hydrogens (tertiary/aromatic N) is 2. The van der Waals surface area contributed by atoms with Crippen LogP contribution < -0.4 is 5.32 Å². The molecule has 0 spiro atoms. The minimum atomic E-state index is -2.16. The molecule has 1 rings (SSSR count). The zero-order valence-corrected chi connectivity index (χ0v) is 23.3. The molecule has 0 atom stereocenters. The fourth-order valence-corrected chi connectivity index (χ4v) is 19.6. The van der Waals surface area contributed by atoms with Gasteiger partial charge in [0.1, 0.15) is 13.8 Å². The summed E-state index contributed by atoms with van der Waals surface area (Å²) in [6, 6.07) is 2.12. The highest BCUT2D eigenvalue weighted by atomic mass is 28.3. The standard InChI is InChI=1S/C23H46N2O2Si2/c1-15(2)28(16(3)4,17(5)6)22-14-21(23(26)27-13)25(24-22)29(18(7)8,19(9)10)20(11)12/h14-20H,1-13H3. The summed E-state index contributed by atoms with van der Waals surface area (Å²) in [7, 11) is -2.65. The molecule has 1 aromatic heterocycles. The molecular weight excluding hydrogens is 392 g/mol. The first-order valence-corrected chi connectivity index (χ1v) is 15.8. The quantitative estimate of drug-likeness (QED) is 0.323. The first-order valence-electron chi connectivity index (χ1n) is 11.4. The third kappa shape index (κ3) is 4.03. The summed E-state index contributed by atoms with van der Waals surface area (Å²) in [5.41, 5.74) is 3.70. The lowest BCUT2D eigenvalue weighted by atomic mass is 10.4. The Labute approximate surface area is 181 Å². The van der Waals surface area contributed by atoms with Gasteiger partial charge in [-0.15, -0.1) is 0 Å². The van der Waals surface area contributed by atoms with Gasteiger partial charge >= 0.3 is 5.97 Å². The number of carbonyl (C=O) groups excluding carboxylic acids is 1. The van der Waals surface area contributed by atoms with Crippen molar-refractivity contribution in [1.82, 2.24) is 9.45 Å². The van der Waals surface area contributed by atoms with Gasteiger partial charge in [-0.25, -0.2) is 4.79 Å². The summed E-state index contributed by atoms with van der Waals surface area (Å²) in [6.07, 6.45) is 0. The molecule has 0 saturated carbocycles. The molecule has 6 heteroatoms. The Bertz CT molecular complexity index is 648. The van der Waals surface area contributed by atoms with Crippen molar-refractivity contribution in [3.05, 3.63) is 11.8 Å². The van der Waals surface area contributed by atoms with Crippen LogP contribution in [0.1, 0.15) is 93.6 Å². The summed E-state index contributed by atoms with van der Waals surface area (Å²) in [6.45, 7) is 28.0. The number of methoxy groups -OCH3 is 1. The van der Waals surface area contributed by atoms with Crippen molar-refractivity contribution in [3.63, 3.8) is 0 Å². The van der Waals surface area contributed by atoms with Crippen LogP contribution in [0.3, 0.4) is 0 Å². The topological polar surface area (TPSA) is 44.1 Å². The molecule has 0 radical (unpaired) electrons. The van der Waals surface area contributed by atoms with E-state index < -0.39 is 16.3 Å². The van der Waals surface area contributed by atoms with Crippen molar-refractivity contribution in [2.75, 3.05) is 7.11 Å². The fourth-order valence-electron chi connectivity index (χ4n) is 6.76. The highest BCUT2D eigenvalue weighted by Gasteiger charge is 2.52. The minimum Gasteiger partial charge on any atom is -0.464 e. The highest BCUT2D eigenvalue weighted by Crippen LogP contribution is 2.44. The molecule has 0 fully saturated rings. The van der Waals surface area contributed by atoms with Crippen LogP contribution in [-0.4, -0.2) is 38.8 Å². The second-order valence-electron chi connectivity index (χ2n) is 10.6. The van der Waals surface area contributed by atoms with E-state index in [1.165, 1.54) is 12.4 Å². The summed E-state index contributed by atoms with van der Waals surface area (Å²) in [5, 5.41) is 6.58. The summed E-state index contributed by atoms with van der Waals surface area (Å²) < 4.78 is 7.47. The average Bonchev–Trinajstić information content (AvgIpc) is 2.98. The second kappa shape index (κ2) is 9.50. The Morgan fingerprint density at radius 1 is 0.793 bits per heavy atom. The number of hydrogen-bond donors (Lipinski definition) is 0. The van der Waals surface area contributed by atoms with Crippen LogP contribution in [0, 0.1) is 0 Å². The van der Waals surface area contributed by atoms with Crippen LogP contribution in [0.15, 0.2) is 6.07 Å². The lowest BCUT2D eigenvalue weighted by Crippen LogP contribution is -2.58. The molecule has 0 aliphatic carbocycles. The predicted molar refractivity (Wildman–Crippen MR) is 131 cm³/mol. The molecule has 0 aromatic carbocycles. The Hall–Kier alpha value is -0.886. The zero-order chi connectivity index (χ0) is 22.9. The lowest BCUT2D eigenvalue weighted by Gasteiger charge is -2.44. The molecule has 0 amide bonds. The van der Waals surface area contributed by atoms with E-state index in [4.69, 9.17) is 9.84 Å². The lowest BCUT2D eigenvalue weighted by molar-refractivity contribution is 0.0591. The van der Waals surface area contributed by atoms with Gasteiger partial charge in [0.15, 0.2) is 8.24 Å². The third-order valence-electron chi connectivity index (χ3n) is 7.56. The fraction of sp³-hybridized carbons (Fsp3) is 0.826. The van der Waals surface area contributed by atoms with Gasteiger partial charge in [-0.05, 0) is 39.3 Å². The molecule has 29 heavy (non-hydrogen) atoms. The molecule has 4 nitrogen and oxygen atoms in total. The molecule has 1 heterocycles. The van der Waals surface area contributed by atoms with Gasteiger partial charge in [0.25, 0.3) is 0 Å². The molecule has 0 bridgehead atoms. The van der Waals surface area contributed by atoms with Crippen LogP contribution in [0.2, 0.25) is 33.2 Å². The Morgan fingerprint density at radius 2 is 1.17 bits per heavy atom. The van der Waals surface area contributed by atoms with Gasteiger partial charge in [0.2, 0.25) is 0 Å². The van der Waals surface area contributed by atoms with Crippen LogP contribution in [0.5, 0.6) is 0 Å². The van der Waals surface area contributed by atoms with Crippen molar-refractivity contribution in [2.24, 2.45) is 0 Å². The van der Waals surface area contributed by atoms with Crippen molar-refractivity contribution in [1.29, 1.82) is 0 Å². The SMILES string of the molecule is COC(=O)c1cc([Si](C(C)C)(C(C)C)C(C)C)nn1[Si](C(C)C)(C(C)C)C(C)C. The number of hydrogen-bond acceptors (Lipinski definition) is 3. The smallest absolute Gasteiger partial charge is 0.355 e. The Kier molecular flexibility index (Phi) is 8.57. The van der Waals surface area contributed by atoms with Gasteiger partial charge in [-0.3, -0.25) is 4.35 Å². The number of rotatable bonds is 9. The molecule has 0 aliphatic heterocycles. The van der Waals surface area contributed by atoms with Crippen molar-refractivity contribution < 1.29 is 9.53 Å². The molecule has 0 unspecified atom stereocenters. The van der Waals surface area contributed by atoms with E-state index in [1.54, 1.807) is 0 Å². The molecular formula is C23H46N2O2Si2. The van der Waals surface area contributed by atoms with E-state index in [-0.39, 0.29) is 5.97 Å². The Balaban J connectivity index is 4.06. The Morgan fingerprint density at radius 3 is 1.45 bits per heavy atom. The van der Waals surface area contributed by atoms with Crippen molar-refractivity contribution >= 4 is 27.6 Å². The third-order valence-corrected chi connectivity index (χ3v) is 21.0. The molecule has 1 aromatic rings. The zero-order valence-electron chi connectivity index (χ0n) is 21.3.